The van der Waals surface area contributed by atoms with Gasteiger partial charge in [0, 0.05) is 16.0 Å². The molecule has 0 aromatic heterocycles. The molecule has 3 atom stereocenters. The summed E-state index contributed by atoms with van der Waals surface area (Å²) in [5.74, 6) is 0.457. The SMILES string of the molecule is C=C[C@H]([C@H](O)CC/C(=C/c1cc(Br)ccc1O)CCC)[C@H](O)c1ccc(OC)cc1. The van der Waals surface area contributed by atoms with Gasteiger partial charge in [0.15, 0.2) is 0 Å². The van der Waals surface area contributed by atoms with Crippen molar-refractivity contribution < 1.29 is 20.1 Å². The van der Waals surface area contributed by atoms with Crippen LogP contribution >= 0.6 is 15.9 Å². The Morgan fingerprint density at radius 3 is 2.43 bits per heavy atom. The van der Waals surface area contributed by atoms with E-state index >= 15 is 0 Å². The van der Waals surface area contributed by atoms with E-state index in [1.165, 1.54) is 0 Å². The van der Waals surface area contributed by atoms with Crippen LogP contribution in [0.1, 0.15) is 49.8 Å². The van der Waals surface area contributed by atoms with Crippen LogP contribution in [-0.4, -0.2) is 28.5 Å². The number of rotatable bonds is 11. The van der Waals surface area contributed by atoms with Crippen molar-refractivity contribution >= 4 is 22.0 Å². The average molecular weight is 475 g/mol. The summed E-state index contributed by atoms with van der Waals surface area (Å²) >= 11 is 3.44. The molecule has 0 aliphatic rings. The Hall–Kier alpha value is -2.08. The van der Waals surface area contributed by atoms with Gasteiger partial charge >= 0.3 is 0 Å². The molecule has 0 aliphatic heterocycles. The summed E-state index contributed by atoms with van der Waals surface area (Å²) in [6.45, 7) is 5.92. The minimum Gasteiger partial charge on any atom is -0.507 e. The molecular weight excluding hydrogens is 444 g/mol. The smallest absolute Gasteiger partial charge is 0.122 e. The number of methoxy groups -OCH3 is 1. The van der Waals surface area contributed by atoms with E-state index in [0.29, 0.717) is 24.2 Å². The van der Waals surface area contributed by atoms with Gasteiger partial charge in [-0.15, -0.1) is 6.58 Å². The Labute approximate surface area is 187 Å². The third-order valence-corrected chi connectivity index (χ3v) is 5.71. The van der Waals surface area contributed by atoms with E-state index in [0.717, 1.165) is 28.5 Å². The van der Waals surface area contributed by atoms with Gasteiger partial charge in [-0.2, -0.15) is 0 Å². The first-order valence-corrected chi connectivity index (χ1v) is 11.0. The Bertz CT molecular complexity index is 845. The molecule has 30 heavy (non-hydrogen) atoms. The van der Waals surface area contributed by atoms with Gasteiger partial charge in [0.05, 0.1) is 19.3 Å². The first-order chi connectivity index (χ1) is 14.4. The molecule has 3 N–H and O–H groups in total. The monoisotopic (exact) mass is 474 g/mol. The lowest BCUT2D eigenvalue weighted by Crippen LogP contribution is -2.25. The first kappa shape index (κ1) is 24.2. The Kier molecular flexibility index (Phi) is 9.63. The van der Waals surface area contributed by atoms with Crippen LogP contribution in [0.2, 0.25) is 0 Å². The maximum absolute atomic E-state index is 10.8. The predicted molar refractivity (Wildman–Crippen MR) is 126 cm³/mol. The molecule has 2 aromatic carbocycles. The van der Waals surface area contributed by atoms with Crippen LogP contribution in [0.25, 0.3) is 6.08 Å². The van der Waals surface area contributed by atoms with Crippen molar-refractivity contribution in [2.45, 2.75) is 44.8 Å². The summed E-state index contributed by atoms with van der Waals surface area (Å²) in [6.07, 6.45) is 5.01. The van der Waals surface area contributed by atoms with E-state index < -0.39 is 18.1 Å². The zero-order valence-electron chi connectivity index (χ0n) is 17.6. The van der Waals surface area contributed by atoms with E-state index in [9.17, 15) is 15.3 Å². The van der Waals surface area contributed by atoms with Crippen molar-refractivity contribution in [1.29, 1.82) is 0 Å². The van der Waals surface area contributed by atoms with Crippen LogP contribution in [-0.2, 0) is 0 Å². The first-order valence-electron chi connectivity index (χ1n) is 10.2. The molecule has 162 valence electrons. The number of phenolic OH excluding ortho intramolecular Hbond substituents is 1. The number of ether oxygens (including phenoxy) is 1. The summed E-state index contributed by atoms with van der Waals surface area (Å²) in [5.41, 5.74) is 2.61. The van der Waals surface area contributed by atoms with Crippen LogP contribution in [0, 0.1) is 5.92 Å². The number of hydrogen-bond acceptors (Lipinski definition) is 4. The van der Waals surface area contributed by atoms with Crippen LogP contribution in [0.4, 0.5) is 0 Å². The lowest BCUT2D eigenvalue weighted by Gasteiger charge is -2.25. The van der Waals surface area contributed by atoms with Gasteiger partial charge in [-0.1, -0.05) is 59.1 Å². The molecule has 0 fully saturated rings. The molecule has 2 rings (SSSR count). The summed E-state index contributed by atoms with van der Waals surface area (Å²) < 4.78 is 6.06. The van der Waals surface area contributed by atoms with Gasteiger partial charge < -0.3 is 20.1 Å². The van der Waals surface area contributed by atoms with Crippen LogP contribution < -0.4 is 4.74 Å². The molecule has 5 heteroatoms. The normalized spacial score (nSPS) is 14.8. The highest BCUT2D eigenvalue weighted by molar-refractivity contribution is 9.10. The quantitative estimate of drug-likeness (QED) is 0.348. The Morgan fingerprint density at radius 1 is 1.13 bits per heavy atom. The number of benzene rings is 2. The van der Waals surface area contributed by atoms with Gasteiger partial charge in [-0.3, -0.25) is 0 Å². The van der Waals surface area contributed by atoms with Crippen molar-refractivity contribution in [2.24, 2.45) is 5.92 Å². The highest BCUT2D eigenvalue weighted by atomic mass is 79.9. The largest absolute Gasteiger partial charge is 0.507 e. The maximum Gasteiger partial charge on any atom is 0.122 e. The van der Waals surface area contributed by atoms with E-state index in [2.05, 4.69) is 29.4 Å². The van der Waals surface area contributed by atoms with Crippen molar-refractivity contribution in [3.8, 4) is 11.5 Å². The number of halogens is 1. The lowest BCUT2D eigenvalue weighted by atomic mass is 9.87. The molecule has 2 aromatic rings. The third kappa shape index (κ3) is 6.73. The standard InChI is InChI=1S/C25H31BrO4/c1-4-6-17(15-19-16-20(26)10-14-23(19)27)7-13-24(28)22(5-2)25(29)18-8-11-21(30-3)12-9-18/h5,8-12,14-16,22,24-25,27-29H,2,4,6-7,13H2,1,3H3/b17-15+/t22-,24-,25-/m1/s1. The average Bonchev–Trinajstić information content (AvgIpc) is 2.75. The zero-order chi connectivity index (χ0) is 22.1. The molecule has 0 radical (unpaired) electrons. The molecule has 0 aliphatic carbocycles. The molecule has 0 saturated heterocycles. The number of hydrogen-bond donors (Lipinski definition) is 3. The predicted octanol–water partition coefficient (Wildman–Crippen LogP) is 6.02. The van der Waals surface area contributed by atoms with E-state index in [-0.39, 0.29) is 5.75 Å². The molecule has 4 nitrogen and oxygen atoms in total. The van der Waals surface area contributed by atoms with Crippen molar-refractivity contribution in [2.75, 3.05) is 7.11 Å². The van der Waals surface area contributed by atoms with Gasteiger partial charge in [0.25, 0.3) is 0 Å². The third-order valence-electron chi connectivity index (χ3n) is 5.22. The molecule has 0 bridgehead atoms. The number of aliphatic hydroxyl groups excluding tert-OH is 2. The van der Waals surface area contributed by atoms with Gasteiger partial charge in [0.2, 0.25) is 0 Å². The van der Waals surface area contributed by atoms with Gasteiger partial charge in [0.1, 0.15) is 11.5 Å². The summed E-state index contributed by atoms with van der Waals surface area (Å²) in [5, 5.41) is 31.7. The van der Waals surface area contributed by atoms with Crippen molar-refractivity contribution in [1.82, 2.24) is 0 Å². The number of phenols is 1. The molecular formula is C25H31BrO4. The van der Waals surface area contributed by atoms with E-state index in [1.807, 2.05) is 12.1 Å². The minimum absolute atomic E-state index is 0.228. The fourth-order valence-electron chi connectivity index (χ4n) is 3.50. The highest BCUT2D eigenvalue weighted by Gasteiger charge is 2.25. The van der Waals surface area contributed by atoms with Crippen molar-refractivity contribution in [3.63, 3.8) is 0 Å². The number of aromatic hydroxyl groups is 1. The summed E-state index contributed by atoms with van der Waals surface area (Å²) in [6, 6.07) is 12.5. The molecule has 0 saturated carbocycles. The Balaban J connectivity index is 2.10. The van der Waals surface area contributed by atoms with Crippen molar-refractivity contribution in [3.05, 3.63) is 76.3 Å². The van der Waals surface area contributed by atoms with Gasteiger partial charge in [-0.25, -0.2) is 0 Å². The second kappa shape index (κ2) is 11.9. The second-order valence-electron chi connectivity index (χ2n) is 7.39. The summed E-state index contributed by atoms with van der Waals surface area (Å²) in [4.78, 5) is 0. The highest BCUT2D eigenvalue weighted by Crippen LogP contribution is 2.31. The topological polar surface area (TPSA) is 69.9 Å². The molecule has 0 amide bonds. The van der Waals surface area contributed by atoms with E-state index in [4.69, 9.17) is 4.74 Å². The fourth-order valence-corrected chi connectivity index (χ4v) is 3.88. The molecule has 0 unspecified atom stereocenters. The van der Waals surface area contributed by atoms with Gasteiger partial charge in [-0.05, 0) is 55.2 Å². The second-order valence-corrected chi connectivity index (χ2v) is 8.31. The number of allylic oxidation sites excluding steroid dienone is 1. The van der Waals surface area contributed by atoms with Crippen LogP contribution in [0.15, 0.2) is 65.2 Å². The summed E-state index contributed by atoms with van der Waals surface area (Å²) in [7, 11) is 1.59. The minimum atomic E-state index is -0.851. The molecule has 0 spiro atoms. The Morgan fingerprint density at radius 2 is 1.83 bits per heavy atom. The molecule has 0 heterocycles. The van der Waals surface area contributed by atoms with E-state index in [1.54, 1.807) is 49.6 Å². The lowest BCUT2D eigenvalue weighted by molar-refractivity contribution is 0.0318. The van der Waals surface area contributed by atoms with Crippen LogP contribution in [0.5, 0.6) is 11.5 Å². The number of aliphatic hydroxyl groups is 2. The maximum atomic E-state index is 10.8. The fraction of sp³-hybridized carbons (Fsp3) is 0.360. The van der Waals surface area contributed by atoms with Crippen LogP contribution in [0.3, 0.4) is 0 Å². The zero-order valence-corrected chi connectivity index (χ0v) is 19.2.